The lowest BCUT2D eigenvalue weighted by Crippen LogP contribution is -2.02. The fourth-order valence-corrected chi connectivity index (χ4v) is 2.75. The highest BCUT2D eigenvalue weighted by molar-refractivity contribution is 5.25. The molecule has 1 radical (unpaired) electrons. The van der Waals surface area contributed by atoms with Gasteiger partial charge in [0.15, 0.2) is 0 Å². The summed E-state index contributed by atoms with van der Waals surface area (Å²) in [5.41, 5.74) is 2.91. The summed E-state index contributed by atoms with van der Waals surface area (Å²) in [7, 11) is 0. The first kappa shape index (κ1) is 11.7. The third-order valence-electron chi connectivity index (χ3n) is 3.84. The summed E-state index contributed by atoms with van der Waals surface area (Å²) in [5, 5.41) is 0. The molecule has 0 amide bonds. The molecule has 1 saturated carbocycles. The van der Waals surface area contributed by atoms with Crippen LogP contribution in [0, 0.1) is 6.92 Å². The van der Waals surface area contributed by atoms with Gasteiger partial charge in [-0.3, -0.25) is 0 Å². The van der Waals surface area contributed by atoms with Gasteiger partial charge >= 0.3 is 0 Å². The number of hydrogen-bond acceptors (Lipinski definition) is 0. The summed E-state index contributed by atoms with van der Waals surface area (Å²) < 4.78 is 0. The molecule has 1 aromatic rings. The lowest BCUT2D eigenvalue weighted by atomic mass is 9.86. The van der Waals surface area contributed by atoms with Crippen molar-refractivity contribution < 1.29 is 0 Å². The van der Waals surface area contributed by atoms with Gasteiger partial charge in [0, 0.05) is 0 Å². The first-order valence-electron chi connectivity index (χ1n) is 6.78. The molecule has 1 aliphatic rings. The maximum atomic E-state index is 3.93. The second-order valence-electron chi connectivity index (χ2n) is 5.03. The van der Waals surface area contributed by atoms with Crippen molar-refractivity contribution in [1.29, 1.82) is 0 Å². The van der Waals surface area contributed by atoms with Gasteiger partial charge in [0.05, 0.1) is 0 Å². The Balaban J connectivity index is 2.02. The van der Waals surface area contributed by atoms with Crippen LogP contribution in [0.5, 0.6) is 0 Å². The first-order chi connectivity index (χ1) is 7.90. The Labute approximate surface area is 100 Å². The maximum Gasteiger partial charge on any atom is -0.0162 e. The standard InChI is InChI=1S/C16H23/c1-2-14-10-12-16(13-11-14)15-8-6-4-3-5-7-9-15/h10-13,15H,1-9H2. The average molecular weight is 215 g/mol. The Morgan fingerprint density at radius 1 is 0.875 bits per heavy atom. The van der Waals surface area contributed by atoms with E-state index in [4.69, 9.17) is 0 Å². The molecule has 87 valence electrons. The lowest BCUT2D eigenvalue weighted by molar-refractivity contribution is 0.455. The van der Waals surface area contributed by atoms with Crippen molar-refractivity contribution in [2.75, 3.05) is 0 Å². The summed E-state index contributed by atoms with van der Waals surface area (Å²) >= 11 is 0. The molecule has 2 rings (SSSR count). The van der Waals surface area contributed by atoms with Crippen molar-refractivity contribution in [3.8, 4) is 0 Å². The molecule has 1 aromatic carbocycles. The van der Waals surface area contributed by atoms with Gasteiger partial charge in [-0.2, -0.15) is 0 Å². The van der Waals surface area contributed by atoms with Crippen LogP contribution in [0.4, 0.5) is 0 Å². The quantitative estimate of drug-likeness (QED) is 0.659. The Morgan fingerprint density at radius 3 is 2.00 bits per heavy atom. The monoisotopic (exact) mass is 215 g/mol. The topological polar surface area (TPSA) is 0 Å². The van der Waals surface area contributed by atoms with Gasteiger partial charge in [0.2, 0.25) is 0 Å². The highest BCUT2D eigenvalue weighted by Crippen LogP contribution is 2.30. The van der Waals surface area contributed by atoms with E-state index in [1.54, 1.807) is 5.56 Å². The minimum absolute atomic E-state index is 0.819. The highest BCUT2D eigenvalue weighted by atomic mass is 14.2. The average Bonchev–Trinajstić information content (AvgIpc) is 2.29. The second-order valence-corrected chi connectivity index (χ2v) is 5.03. The molecule has 0 aliphatic heterocycles. The molecular formula is C16H23. The zero-order chi connectivity index (χ0) is 11.2. The molecule has 0 unspecified atom stereocenters. The van der Waals surface area contributed by atoms with Crippen LogP contribution in [0.25, 0.3) is 0 Å². The molecule has 0 saturated heterocycles. The minimum atomic E-state index is 0.819. The van der Waals surface area contributed by atoms with Gasteiger partial charge in [0.25, 0.3) is 0 Å². The summed E-state index contributed by atoms with van der Waals surface area (Å²) in [6.07, 6.45) is 10.9. The molecule has 0 atom stereocenters. The summed E-state index contributed by atoms with van der Waals surface area (Å²) in [4.78, 5) is 0. The lowest BCUT2D eigenvalue weighted by Gasteiger charge is -2.20. The molecule has 0 heteroatoms. The van der Waals surface area contributed by atoms with E-state index < -0.39 is 0 Å². The van der Waals surface area contributed by atoms with E-state index in [-0.39, 0.29) is 0 Å². The molecule has 0 N–H and O–H groups in total. The van der Waals surface area contributed by atoms with E-state index in [9.17, 15) is 0 Å². The summed E-state index contributed by atoms with van der Waals surface area (Å²) in [5.74, 6) is 0.819. The molecule has 1 aliphatic carbocycles. The van der Waals surface area contributed by atoms with Gasteiger partial charge in [0.1, 0.15) is 0 Å². The molecule has 0 aromatic heterocycles. The van der Waals surface area contributed by atoms with Crippen LogP contribution in [0.1, 0.15) is 62.0 Å². The van der Waals surface area contributed by atoms with Crippen LogP contribution in [0.15, 0.2) is 24.3 Å². The number of hydrogen-bond donors (Lipinski definition) is 0. The Bertz CT molecular complexity index is 288. The normalized spacial score (nSPS) is 19.1. The van der Waals surface area contributed by atoms with Gasteiger partial charge in [-0.25, -0.2) is 0 Å². The van der Waals surface area contributed by atoms with Crippen LogP contribution in [0.2, 0.25) is 0 Å². The van der Waals surface area contributed by atoms with Gasteiger partial charge in [-0.05, 0) is 43.2 Å². The SMILES string of the molecule is [CH2]Cc1ccc(C2CCCCCCC2)cc1. The van der Waals surface area contributed by atoms with Crippen LogP contribution < -0.4 is 0 Å². The maximum absolute atomic E-state index is 3.93. The van der Waals surface area contributed by atoms with Crippen LogP contribution in [0.3, 0.4) is 0 Å². The van der Waals surface area contributed by atoms with Crippen molar-refractivity contribution in [1.82, 2.24) is 0 Å². The zero-order valence-electron chi connectivity index (χ0n) is 10.3. The third kappa shape index (κ3) is 3.10. The van der Waals surface area contributed by atoms with E-state index >= 15 is 0 Å². The number of benzene rings is 1. The van der Waals surface area contributed by atoms with Crippen LogP contribution >= 0.6 is 0 Å². The molecule has 1 fully saturated rings. The van der Waals surface area contributed by atoms with Crippen molar-refractivity contribution >= 4 is 0 Å². The predicted molar refractivity (Wildman–Crippen MR) is 70.6 cm³/mol. The van der Waals surface area contributed by atoms with E-state index in [0.29, 0.717) is 0 Å². The molecule has 0 bridgehead atoms. The Kier molecular flexibility index (Phi) is 4.44. The van der Waals surface area contributed by atoms with Crippen molar-refractivity contribution in [2.45, 2.75) is 57.3 Å². The first-order valence-corrected chi connectivity index (χ1v) is 6.78. The molecule has 0 heterocycles. The van der Waals surface area contributed by atoms with Crippen molar-refractivity contribution in [3.05, 3.63) is 42.3 Å². The summed E-state index contributed by atoms with van der Waals surface area (Å²) in [6, 6.07) is 9.15. The molecule has 16 heavy (non-hydrogen) atoms. The van der Waals surface area contributed by atoms with Crippen molar-refractivity contribution in [3.63, 3.8) is 0 Å². The van der Waals surface area contributed by atoms with E-state index in [0.717, 1.165) is 12.3 Å². The van der Waals surface area contributed by atoms with Gasteiger partial charge < -0.3 is 0 Å². The third-order valence-corrected chi connectivity index (χ3v) is 3.84. The van der Waals surface area contributed by atoms with Crippen molar-refractivity contribution in [2.24, 2.45) is 0 Å². The fraction of sp³-hybridized carbons (Fsp3) is 0.562. The van der Waals surface area contributed by atoms with Crippen LogP contribution in [-0.4, -0.2) is 0 Å². The number of rotatable bonds is 2. The Morgan fingerprint density at radius 2 is 1.44 bits per heavy atom. The van der Waals surface area contributed by atoms with Gasteiger partial charge in [-0.1, -0.05) is 56.4 Å². The highest BCUT2D eigenvalue weighted by Gasteiger charge is 2.12. The minimum Gasteiger partial charge on any atom is -0.0588 e. The van der Waals surface area contributed by atoms with E-state index in [1.807, 2.05) is 0 Å². The second kappa shape index (κ2) is 6.08. The molecule has 0 spiro atoms. The largest absolute Gasteiger partial charge is 0.0588 e. The fourth-order valence-electron chi connectivity index (χ4n) is 2.75. The molecular weight excluding hydrogens is 192 g/mol. The molecule has 0 nitrogen and oxygen atoms in total. The Hall–Kier alpha value is -0.780. The van der Waals surface area contributed by atoms with Gasteiger partial charge in [-0.15, -0.1) is 0 Å². The zero-order valence-corrected chi connectivity index (χ0v) is 10.3. The summed E-state index contributed by atoms with van der Waals surface area (Å²) in [6.45, 7) is 3.93. The van der Waals surface area contributed by atoms with E-state index in [2.05, 4.69) is 31.2 Å². The predicted octanol–water partition coefficient (Wildman–Crippen LogP) is 4.89. The van der Waals surface area contributed by atoms with Crippen LogP contribution in [-0.2, 0) is 6.42 Å². The van der Waals surface area contributed by atoms with E-state index in [1.165, 1.54) is 50.5 Å². The smallest absolute Gasteiger partial charge is 0.0162 e.